The molecule has 2 aromatic carbocycles. The molecule has 1 aliphatic rings. The van der Waals surface area contributed by atoms with Gasteiger partial charge in [0.05, 0.1) is 0 Å². The number of furan rings is 2. The summed E-state index contributed by atoms with van der Waals surface area (Å²) in [5, 5.41) is 2.02. The Kier molecular flexibility index (Phi) is 3.63. The van der Waals surface area contributed by atoms with Gasteiger partial charge >= 0.3 is 0 Å². The number of anilines is 2. The van der Waals surface area contributed by atoms with Crippen LogP contribution in [0.2, 0.25) is 0 Å². The normalized spacial score (nSPS) is 14.9. The van der Waals surface area contributed by atoms with Crippen LogP contribution in [0.1, 0.15) is 0 Å². The van der Waals surface area contributed by atoms with Gasteiger partial charge in [-0.05, 0) is 24.3 Å². The number of piperazine rings is 1. The van der Waals surface area contributed by atoms with E-state index in [9.17, 15) is 0 Å². The van der Waals surface area contributed by atoms with E-state index in [1.807, 2.05) is 48.5 Å². The Morgan fingerprint density at radius 2 is 1.00 bits per heavy atom. The highest BCUT2D eigenvalue weighted by Crippen LogP contribution is 2.34. The van der Waals surface area contributed by atoms with Gasteiger partial charge in [0.15, 0.2) is 22.8 Å². The molecule has 5 heterocycles. The number of rotatable bonds is 2. The van der Waals surface area contributed by atoms with Crippen molar-refractivity contribution < 1.29 is 8.83 Å². The van der Waals surface area contributed by atoms with Gasteiger partial charge in [-0.15, -0.1) is 0 Å². The van der Waals surface area contributed by atoms with Crippen LogP contribution >= 0.6 is 0 Å². The molecule has 0 radical (unpaired) electrons. The maximum absolute atomic E-state index is 6.12. The molecule has 0 aliphatic carbocycles. The summed E-state index contributed by atoms with van der Waals surface area (Å²) in [6.45, 7) is 3.15. The Morgan fingerprint density at radius 3 is 1.47 bits per heavy atom. The lowest BCUT2D eigenvalue weighted by Crippen LogP contribution is -2.47. The molecule has 8 nitrogen and oxygen atoms in total. The Hall–Kier alpha value is -4.20. The highest BCUT2D eigenvalue weighted by Gasteiger charge is 2.25. The number of para-hydroxylation sites is 2. The summed E-state index contributed by atoms with van der Waals surface area (Å²) in [7, 11) is 0. The molecule has 0 unspecified atom stereocenters. The second-order valence-corrected chi connectivity index (χ2v) is 7.92. The maximum atomic E-state index is 6.12. The topological polar surface area (TPSA) is 84.3 Å². The zero-order valence-corrected chi connectivity index (χ0v) is 17.1. The number of benzene rings is 2. The maximum Gasteiger partial charge on any atom is 0.196 e. The van der Waals surface area contributed by atoms with Crippen LogP contribution in [0.4, 0.5) is 11.6 Å². The molecule has 0 bridgehead atoms. The molecule has 7 rings (SSSR count). The molecule has 0 spiro atoms. The molecule has 32 heavy (non-hydrogen) atoms. The first-order valence-corrected chi connectivity index (χ1v) is 10.6. The third-order valence-corrected chi connectivity index (χ3v) is 6.16. The minimum Gasteiger partial charge on any atom is -0.450 e. The van der Waals surface area contributed by atoms with Crippen LogP contribution in [0.15, 0.2) is 70.0 Å². The van der Waals surface area contributed by atoms with E-state index in [0.29, 0.717) is 0 Å². The van der Waals surface area contributed by atoms with Crippen molar-refractivity contribution in [3.8, 4) is 0 Å². The van der Waals surface area contributed by atoms with Gasteiger partial charge in [-0.25, -0.2) is 19.9 Å². The van der Waals surface area contributed by atoms with E-state index in [-0.39, 0.29) is 0 Å². The van der Waals surface area contributed by atoms with E-state index in [2.05, 4.69) is 29.7 Å². The molecule has 6 aromatic rings. The molecular weight excluding hydrogens is 404 g/mol. The summed E-state index contributed by atoms with van der Waals surface area (Å²) < 4.78 is 12.2. The van der Waals surface area contributed by atoms with Gasteiger partial charge in [0.2, 0.25) is 0 Å². The van der Waals surface area contributed by atoms with E-state index in [1.54, 1.807) is 12.7 Å². The van der Waals surface area contributed by atoms with Crippen LogP contribution < -0.4 is 9.80 Å². The number of aromatic nitrogens is 4. The third-order valence-electron chi connectivity index (χ3n) is 6.16. The van der Waals surface area contributed by atoms with Crippen molar-refractivity contribution in [1.29, 1.82) is 0 Å². The fraction of sp³-hybridized carbons (Fsp3) is 0.167. The van der Waals surface area contributed by atoms with E-state index >= 15 is 0 Å². The summed E-state index contributed by atoms with van der Waals surface area (Å²) in [4.78, 5) is 22.6. The molecule has 0 N–H and O–H groups in total. The second kappa shape index (κ2) is 6.65. The smallest absolute Gasteiger partial charge is 0.196 e. The predicted molar refractivity (Wildman–Crippen MR) is 123 cm³/mol. The fourth-order valence-corrected chi connectivity index (χ4v) is 4.60. The molecule has 156 valence electrons. The van der Waals surface area contributed by atoms with E-state index in [0.717, 1.165) is 82.0 Å². The van der Waals surface area contributed by atoms with Gasteiger partial charge < -0.3 is 18.6 Å². The number of hydrogen-bond acceptors (Lipinski definition) is 8. The van der Waals surface area contributed by atoms with Crippen molar-refractivity contribution in [2.75, 3.05) is 36.0 Å². The standard InChI is InChI=1S/C24H18N6O2/c1-3-7-17-15(5-1)19-21(31-17)23(27-13-25-19)29-9-11-30(12-10-29)24-22-20(26-14-28-24)16-6-2-4-8-18(16)32-22/h1-8,13-14H,9-12H2. The Morgan fingerprint density at radius 1 is 0.562 bits per heavy atom. The summed E-state index contributed by atoms with van der Waals surface area (Å²) in [5.74, 6) is 1.67. The zero-order chi connectivity index (χ0) is 21.1. The minimum absolute atomic E-state index is 0.740. The van der Waals surface area contributed by atoms with Crippen molar-refractivity contribution >= 4 is 55.8 Å². The Balaban J connectivity index is 1.22. The second-order valence-electron chi connectivity index (χ2n) is 7.92. The number of hydrogen-bond donors (Lipinski definition) is 0. The molecular formula is C24H18N6O2. The molecule has 1 fully saturated rings. The molecule has 4 aromatic heterocycles. The van der Waals surface area contributed by atoms with Crippen LogP contribution in [0.3, 0.4) is 0 Å². The average molecular weight is 422 g/mol. The lowest BCUT2D eigenvalue weighted by atomic mass is 10.2. The molecule has 0 amide bonds. The van der Waals surface area contributed by atoms with Gasteiger partial charge in [-0.3, -0.25) is 0 Å². The predicted octanol–water partition coefficient (Wildman–Crippen LogP) is 4.39. The lowest BCUT2D eigenvalue weighted by molar-refractivity contribution is 0.617. The first-order valence-electron chi connectivity index (χ1n) is 10.6. The quantitative estimate of drug-likeness (QED) is 0.406. The van der Waals surface area contributed by atoms with Crippen LogP contribution in [0.25, 0.3) is 44.1 Å². The zero-order valence-electron chi connectivity index (χ0n) is 17.1. The summed E-state index contributed by atoms with van der Waals surface area (Å²) in [6.07, 6.45) is 3.24. The van der Waals surface area contributed by atoms with Crippen LogP contribution in [-0.4, -0.2) is 46.1 Å². The number of fused-ring (bicyclic) bond motifs is 6. The molecule has 0 atom stereocenters. The van der Waals surface area contributed by atoms with Crippen molar-refractivity contribution in [2.45, 2.75) is 0 Å². The molecule has 1 saturated heterocycles. The Bertz CT molecular complexity index is 1490. The molecule has 8 heteroatoms. The SMILES string of the molecule is c1ccc2c(c1)oc1c(N3CCN(c4ncnc5c4oc4ccccc45)CC3)ncnc12. The summed E-state index contributed by atoms with van der Waals surface area (Å²) >= 11 is 0. The van der Waals surface area contributed by atoms with Gasteiger partial charge in [0.1, 0.15) is 34.9 Å². The monoisotopic (exact) mass is 422 g/mol. The van der Waals surface area contributed by atoms with Crippen molar-refractivity contribution in [2.24, 2.45) is 0 Å². The first kappa shape index (κ1) is 17.5. The average Bonchev–Trinajstić information content (AvgIpc) is 3.42. The van der Waals surface area contributed by atoms with Crippen LogP contribution in [-0.2, 0) is 0 Å². The van der Waals surface area contributed by atoms with Gasteiger partial charge in [-0.2, -0.15) is 0 Å². The minimum atomic E-state index is 0.740. The van der Waals surface area contributed by atoms with E-state index in [4.69, 9.17) is 8.83 Å². The highest BCUT2D eigenvalue weighted by atomic mass is 16.3. The van der Waals surface area contributed by atoms with E-state index < -0.39 is 0 Å². The lowest BCUT2D eigenvalue weighted by Gasteiger charge is -2.35. The first-order chi connectivity index (χ1) is 15.9. The van der Waals surface area contributed by atoms with Gasteiger partial charge in [-0.1, -0.05) is 24.3 Å². The van der Waals surface area contributed by atoms with Crippen LogP contribution in [0.5, 0.6) is 0 Å². The van der Waals surface area contributed by atoms with E-state index in [1.165, 1.54) is 0 Å². The van der Waals surface area contributed by atoms with Crippen molar-refractivity contribution in [3.05, 3.63) is 61.2 Å². The highest BCUT2D eigenvalue weighted by molar-refractivity contribution is 6.06. The van der Waals surface area contributed by atoms with Crippen molar-refractivity contribution in [3.63, 3.8) is 0 Å². The Labute approximate surface area is 182 Å². The third kappa shape index (κ3) is 2.49. The largest absolute Gasteiger partial charge is 0.450 e. The molecule has 1 aliphatic heterocycles. The van der Waals surface area contributed by atoms with Gasteiger partial charge in [0.25, 0.3) is 0 Å². The summed E-state index contributed by atoms with van der Waals surface area (Å²) in [5.41, 5.74) is 4.85. The number of nitrogens with zero attached hydrogens (tertiary/aromatic N) is 6. The fourth-order valence-electron chi connectivity index (χ4n) is 4.60. The van der Waals surface area contributed by atoms with Crippen molar-refractivity contribution in [1.82, 2.24) is 19.9 Å². The molecule has 0 saturated carbocycles. The summed E-state index contributed by atoms with van der Waals surface area (Å²) in [6, 6.07) is 15.9. The van der Waals surface area contributed by atoms with Gasteiger partial charge in [0, 0.05) is 37.0 Å². The van der Waals surface area contributed by atoms with Crippen LogP contribution in [0, 0.1) is 0 Å².